The second kappa shape index (κ2) is 14.3. The molecule has 3 amide bonds. The van der Waals surface area contributed by atoms with Crippen molar-refractivity contribution in [3.63, 3.8) is 0 Å². The predicted molar refractivity (Wildman–Crippen MR) is 196 cm³/mol. The number of aryl methyl sites for hydroxylation is 2. The highest BCUT2D eigenvalue weighted by Gasteiger charge is 2.36. The van der Waals surface area contributed by atoms with E-state index in [1.165, 1.54) is 10.2 Å². The van der Waals surface area contributed by atoms with E-state index in [0.717, 1.165) is 68.1 Å². The number of carbonyl (C=O) groups excluding carboxylic acids is 3. The maximum atomic E-state index is 13.5. The molecule has 50 heavy (non-hydrogen) atoms. The molecule has 4 aliphatic rings. The number of halogens is 1. The van der Waals surface area contributed by atoms with Crippen molar-refractivity contribution in [2.75, 3.05) is 69.6 Å². The number of likely N-dealkylation sites (N-methyl/N-ethyl adjacent to an activating group) is 1. The van der Waals surface area contributed by atoms with Gasteiger partial charge < -0.3 is 20.0 Å². The molecule has 0 spiro atoms. The van der Waals surface area contributed by atoms with Crippen molar-refractivity contribution < 1.29 is 14.4 Å². The van der Waals surface area contributed by atoms with Crippen LogP contribution in [0.2, 0.25) is 0 Å². The summed E-state index contributed by atoms with van der Waals surface area (Å²) in [6, 6.07) is 15.1. The van der Waals surface area contributed by atoms with Crippen molar-refractivity contribution in [1.82, 2.24) is 29.8 Å². The summed E-state index contributed by atoms with van der Waals surface area (Å²) >= 11 is 3.43. The number of rotatable bonds is 7. The first-order chi connectivity index (χ1) is 24.0. The molecule has 2 N–H and O–H groups in total. The minimum atomic E-state index is -0.266. The van der Waals surface area contributed by atoms with E-state index in [1.807, 2.05) is 30.0 Å². The lowest BCUT2D eigenvalue weighted by molar-refractivity contribution is -0.134. The van der Waals surface area contributed by atoms with Crippen LogP contribution in [0, 0.1) is 6.92 Å². The highest BCUT2D eigenvalue weighted by atomic mass is 79.9. The zero-order chi connectivity index (χ0) is 35.1. The monoisotopic (exact) mass is 744 g/mol. The predicted octanol–water partition coefficient (Wildman–Crippen LogP) is 2.92. The van der Waals surface area contributed by atoms with Gasteiger partial charge in [-0.05, 0) is 89.6 Å². The number of piperidine rings is 2. The van der Waals surface area contributed by atoms with Gasteiger partial charge in [-0.2, -0.15) is 5.10 Å². The Morgan fingerprint density at radius 2 is 1.70 bits per heavy atom. The highest BCUT2D eigenvalue weighted by Crippen LogP contribution is 2.33. The fraction of sp³-hybridized carbons (Fsp3) is 0.486. The summed E-state index contributed by atoms with van der Waals surface area (Å²) in [5, 5.41) is 10.1. The lowest BCUT2D eigenvalue weighted by Gasteiger charge is -2.49. The molecular formula is C37H45BrN8O4. The van der Waals surface area contributed by atoms with Crippen molar-refractivity contribution in [3.8, 4) is 0 Å². The van der Waals surface area contributed by atoms with Gasteiger partial charge in [-0.1, -0.05) is 18.2 Å². The summed E-state index contributed by atoms with van der Waals surface area (Å²) in [6.07, 6.45) is 3.54. The van der Waals surface area contributed by atoms with Gasteiger partial charge in [0.2, 0.25) is 11.8 Å². The molecule has 13 heteroatoms. The number of benzene rings is 2. The smallest absolute Gasteiger partial charge is 0.282 e. The van der Waals surface area contributed by atoms with Crippen LogP contribution in [0.4, 0.5) is 11.4 Å². The van der Waals surface area contributed by atoms with E-state index in [9.17, 15) is 19.2 Å². The number of aromatic nitrogens is 2. The molecule has 0 radical (unpaired) electrons. The Hall–Kier alpha value is -4.07. The number of hydrogen-bond acceptors (Lipinski definition) is 9. The van der Waals surface area contributed by atoms with Crippen LogP contribution in [0.25, 0.3) is 0 Å². The van der Waals surface area contributed by atoms with Crippen LogP contribution >= 0.6 is 15.9 Å². The molecule has 3 aromatic rings. The van der Waals surface area contributed by atoms with Gasteiger partial charge >= 0.3 is 0 Å². The summed E-state index contributed by atoms with van der Waals surface area (Å²) in [7, 11) is 3.75. The maximum absolute atomic E-state index is 13.5. The maximum Gasteiger partial charge on any atom is 0.282 e. The number of piperazine rings is 1. The SMILES string of the molecule is Cc1cc(N2CC(N3CCN(C(=O)c4ccc(C5CC(Nc6cnn(C)c(=O)c6Br)CN(C)C5)cc4)CC3)C2)ccc1C1CCC(=O)NC1=O. The van der Waals surface area contributed by atoms with Gasteiger partial charge in [-0.3, -0.25) is 29.4 Å². The number of anilines is 2. The van der Waals surface area contributed by atoms with Crippen molar-refractivity contribution in [3.05, 3.63) is 85.7 Å². The van der Waals surface area contributed by atoms with Crippen molar-refractivity contribution >= 4 is 45.0 Å². The van der Waals surface area contributed by atoms with Crippen LogP contribution in [0.3, 0.4) is 0 Å². The number of amides is 3. The van der Waals surface area contributed by atoms with Crippen LogP contribution in [0.15, 0.2) is 57.9 Å². The molecule has 12 nitrogen and oxygen atoms in total. The Bertz CT molecular complexity index is 1830. The molecule has 4 saturated heterocycles. The molecule has 2 aromatic carbocycles. The second-order valence-corrected chi connectivity index (χ2v) is 15.1. The molecule has 3 atom stereocenters. The number of carbonyl (C=O) groups is 3. The van der Waals surface area contributed by atoms with E-state index in [2.05, 4.69) is 77.7 Å². The summed E-state index contributed by atoms with van der Waals surface area (Å²) in [4.78, 5) is 58.9. The molecule has 7 rings (SSSR count). The molecule has 264 valence electrons. The van der Waals surface area contributed by atoms with E-state index < -0.39 is 0 Å². The normalized spacial score (nSPS) is 23.8. The van der Waals surface area contributed by atoms with Crippen molar-refractivity contribution in [2.45, 2.75) is 50.1 Å². The summed E-state index contributed by atoms with van der Waals surface area (Å²) in [5.74, 6) is -0.269. The van der Waals surface area contributed by atoms with E-state index in [0.29, 0.717) is 48.1 Å². The Balaban J connectivity index is 0.890. The lowest BCUT2D eigenvalue weighted by atomic mass is 9.87. The van der Waals surface area contributed by atoms with Gasteiger partial charge in [0.25, 0.3) is 11.5 Å². The lowest BCUT2D eigenvalue weighted by Crippen LogP contribution is -2.63. The number of nitrogens with zero attached hydrogens (tertiary/aromatic N) is 6. The molecule has 0 saturated carbocycles. The van der Waals surface area contributed by atoms with Crippen LogP contribution in [0.1, 0.15) is 58.1 Å². The van der Waals surface area contributed by atoms with Crippen LogP contribution in [-0.4, -0.2) is 114 Å². The third-order valence-corrected chi connectivity index (χ3v) is 11.7. The average molecular weight is 746 g/mol. The first-order valence-corrected chi connectivity index (χ1v) is 18.3. The summed E-state index contributed by atoms with van der Waals surface area (Å²) in [6.45, 7) is 8.86. The Labute approximate surface area is 300 Å². The molecule has 4 fully saturated rings. The average Bonchev–Trinajstić information content (AvgIpc) is 3.08. The van der Waals surface area contributed by atoms with E-state index >= 15 is 0 Å². The number of hydrogen-bond donors (Lipinski definition) is 2. The van der Waals surface area contributed by atoms with Crippen LogP contribution < -0.4 is 21.1 Å². The van der Waals surface area contributed by atoms with E-state index in [-0.39, 0.29) is 35.2 Å². The van der Waals surface area contributed by atoms with Gasteiger partial charge in [0.15, 0.2) is 0 Å². The fourth-order valence-electron chi connectivity index (χ4n) is 8.00. The molecule has 4 aliphatic heterocycles. The molecule has 3 unspecified atom stereocenters. The molecular weight excluding hydrogens is 700 g/mol. The third kappa shape index (κ3) is 7.08. The van der Waals surface area contributed by atoms with Gasteiger partial charge in [0.05, 0.1) is 17.8 Å². The van der Waals surface area contributed by atoms with Gasteiger partial charge in [-0.15, -0.1) is 0 Å². The Morgan fingerprint density at radius 1 is 0.960 bits per heavy atom. The molecule has 0 bridgehead atoms. The fourth-order valence-corrected chi connectivity index (χ4v) is 8.48. The van der Waals surface area contributed by atoms with E-state index in [1.54, 1.807) is 13.2 Å². The quantitative estimate of drug-likeness (QED) is 0.352. The standard InChI is InChI=1S/C37H45BrN8O4/c1-23-16-28(8-9-30(23)31-10-11-33(47)41-35(31)48)46-21-29(22-46)44-12-14-45(15-13-44)36(49)25-6-4-24(5-7-25)26-17-27(20-42(2)19-26)40-32-18-39-43(3)37(50)34(32)38/h4-9,16,18,26-27,29,31,40H,10-15,17,19-22H2,1-3H3,(H,41,47,48). The third-order valence-electron chi connectivity index (χ3n) is 10.9. The van der Waals surface area contributed by atoms with Crippen LogP contribution in [-0.2, 0) is 16.6 Å². The largest absolute Gasteiger partial charge is 0.379 e. The van der Waals surface area contributed by atoms with Gasteiger partial charge in [-0.25, -0.2) is 4.68 Å². The zero-order valence-corrected chi connectivity index (χ0v) is 30.5. The summed E-state index contributed by atoms with van der Waals surface area (Å²) < 4.78 is 1.80. The minimum absolute atomic E-state index is 0.0846. The first kappa shape index (κ1) is 34.4. The van der Waals surface area contributed by atoms with Crippen molar-refractivity contribution in [2.24, 2.45) is 7.05 Å². The molecule has 5 heterocycles. The Morgan fingerprint density at radius 3 is 2.40 bits per heavy atom. The summed E-state index contributed by atoms with van der Waals surface area (Å²) in [5.41, 5.74) is 5.71. The first-order valence-electron chi connectivity index (χ1n) is 17.5. The highest BCUT2D eigenvalue weighted by molar-refractivity contribution is 9.10. The van der Waals surface area contributed by atoms with Crippen molar-refractivity contribution in [1.29, 1.82) is 0 Å². The van der Waals surface area contributed by atoms with Crippen LogP contribution in [0.5, 0.6) is 0 Å². The zero-order valence-electron chi connectivity index (χ0n) is 28.9. The second-order valence-electron chi connectivity index (χ2n) is 14.3. The van der Waals surface area contributed by atoms with Gasteiger partial charge in [0, 0.05) is 89.2 Å². The number of likely N-dealkylation sites (tertiary alicyclic amines) is 1. The topological polar surface area (TPSA) is 123 Å². The molecule has 0 aliphatic carbocycles. The minimum Gasteiger partial charge on any atom is -0.379 e. The van der Waals surface area contributed by atoms with E-state index in [4.69, 9.17) is 0 Å². The van der Waals surface area contributed by atoms with Gasteiger partial charge in [0.1, 0.15) is 4.47 Å². The number of imide groups is 1. The Kier molecular flexibility index (Phi) is 9.82. The number of nitrogens with one attached hydrogen (secondary N) is 2. The molecule has 1 aromatic heterocycles.